The summed E-state index contributed by atoms with van der Waals surface area (Å²) in [5.41, 5.74) is 2.23. The van der Waals surface area contributed by atoms with E-state index in [-0.39, 0.29) is 0 Å². The van der Waals surface area contributed by atoms with Crippen LogP contribution in [0.3, 0.4) is 0 Å². The highest BCUT2D eigenvalue weighted by Gasteiger charge is 2.16. The summed E-state index contributed by atoms with van der Waals surface area (Å²) in [4.78, 5) is 4.64. The number of nitrogens with zero attached hydrogens (tertiary/aromatic N) is 1. The molecule has 0 aliphatic rings. The molecule has 1 heterocycles. The molecular formula is C25H15N. The van der Waals surface area contributed by atoms with Crippen molar-refractivity contribution in [3.8, 4) is 11.3 Å². The van der Waals surface area contributed by atoms with E-state index >= 15 is 0 Å². The molecule has 0 aliphatic carbocycles. The quantitative estimate of drug-likeness (QED) is 0.239. The van der Waals surface area contributed by atoms with E-state index in [0.29, 0.717) is 0 Å². The van der Waals surface area contributed by atoms with Gasteiger partial charge in [-0.3, -0.25) is 4.98 Å². The molecule has 5 aromatic carbocycles. The Morgan fingerprint density at radius 1 is 0.462 bits per heavy atom. The molecule has 0 radical (unpaired) electrons. The van der Waals surface area contributed by atoms with Crippen LogP contribution in [0.5, 0.6) is 0 Å². The number of pyridine rings is 1. The van der Waals surface area contributed by atoms with Crippen LogP contribution in [0.1, 0.15) is 0 Å². The largest absolute Gasteiger partial charge is 0.256 e. The van der Waals surface area contributed by atoms with E-state index in [1.807, 2.05) is 12.3 Å². The topological polar surface area (TPSA) is 12.9 Å². The molecule has 6 aromatic rings. The van der Waals surface area contributed by atoms with E-state index in [1.54, 1.807) is 0 Å². The average Bonchev–Trinajstić information content (AvgIpc) is 2.72. The zero-order chi connectivity index (χ0) is 17.1. The fourth-order valence-corrected chi connectivity index (χ4v) is 4.39. The van der Waals surface area contributed by atoms with Crippen molar-refractivity contribution in [1.82, 2.24) is 4.98 Å². The van der Waals surface area contributed by atoms with Gasteiger partial charge in [0.1, 0.15) is 0 Å². The molecule has 1 heteroatoms. The summed E-state index contributed by atoms with van der Waals surface area (Å²) in [6, 6.07) is 30.4. The molecule has 6 rings (SSSR count). The van der Waals surface area contributed by atoms with Crippen molar-refractivity contribution in [2.75, 3.05) is 0 Å². The third kappa shape index (κ3) is 1.72. The van der Waals surface area contributed by atoms with Gasteiger partial charge in [-0.15, -0.1) is 0 Å². The van der Waals surface area contributed by atoms with Gasteiger partial charge in [0.2, 0.25) is 0 Å². The van der Waals surface area contributed by atoms with Crippen LogP contribution in [-0.4, -0.2) is 4.98 Å². The lowest BCUT2D eigenvalue weighted by Crippen LogP contribution is -1.90. The normalized spacial score (nSPS) is 11.8. The number of aromatic nitrogens is 1. The van der Waals surface area contributed by atoms with Crippen molar-refractivity contribution in [3.05, 3.63) is 91.1 Å². The fourth-order valence-electron chi connectivity index (χ4n) is 4.39. The van der Waals surface area contributed by atoms with Gasteiger partial charge in [0.15, 0.2) is 0 Å². The Balaban J connectivity index is 1.99. The molecule has 0 atom stereocenters. The van der Waals surface area contributed by atoms with E-state index in [1.165, 1.54) is 48.7 Å². The molecule has 0 amide bonds. The number of fused-ring (bicyclic) bond motifs is 2. The van der Waals surface area contributed by atoms with E-state index in [9.17, 15) is 0 Å². The van der Waals surface area contributed by atoms with E-state index in [2.05, 4.69) is 83.8 Å². The van der Waals surface area contributed by atoms with Crippen molar-refractivity contribution in [2.24, 2.45) is 0 Å². The smallest absolute Gasteiger partial charge is 0.0708 e. The monoisotopic (exact) mass is 329 g/mol. The number of rotatable bonds is 1. The van der Waals surface area contributed by atoms with Crippen LogP contribution < -0.4 is 0 Å². The van der Waals surface area contributed by atoms with Crippen molar-refractivity contribution in [3.63, 3.8) is 0 Å². The maximum Gasteiger partial charge on any atom is 0.0708 e. The van der Waals surface area contributed by atoms with Gasteiger partial charge in [-0.25, -0.2) is 0 Å². The minimum absolute atomic E-state index is 1.02. The number of benzene rings is 5. The minimum Gasteiger partial charge on any atom is -0.256 e. The first-order chi connectivity index (χ1) is 12.9. The van der Waals surface area contributed by atoms with Crippen LogP contribution in [0.15, 0.2) is 91.1 Å². The maximum atomic E-state index is 4.64. The van der Waals surface area contributed by atoms with Crippen LogP contribution in [0.2, 0.25) is 0 Å². The predicted molar refractivity (Wildman–Crippen MR) is 111 cm³/mol. The lowest BCUT2D eigenvalue weighted by atomic mass is 9.87. The Bertz CT molecular complexity index is 1410. The van der Waals surface area contributed by atoms with Crippen LogP contribution in [0.25, 0.3) is 54.3 Å². The molecule has 0 saturated carbocycles. The first-order valence-electron chi connectivity index (χ1n) is 8.91. The van der Waals surface area contributed by atoms with Crippen molar-refractivity contribution >= 4 is 43.1 Å². The first-order valence-corrected chi connectivity index (χ1v) is 8.91. The standard InChI is InChI=1S/C25H15N/c1-2-15-26-22(12-1)20-14-13-17-8-4-10-19-18-9-3-6-16-7-5-11-21(23(16)18)25(20)24(17)19/h1-15H. The SMILES string of the molecule is c1ccc(-c2ccc3cccc4c5cccc6cccc(c2c34)c65)nc1. The van der Waals surface area contributed by atoms with Crippen molar-refractivity contribution in [1.29, 1.82) is 0 Å². The van der Waals surface area contributed by atoms with Gasteiger partial charge in [-0.2, -0.15) is 0 Å². The van der Waals surface area contributed by atoms with Gasteiger partial charge in [-0.1, -0.05) is 72.8 Å². The van der Waals surface area contributed by atoms with Crippen LogP contribution in [0.4, 0.5) is 0 Å². The van der Waals surface area contributed by atoms with Gasteiger partial charge in [0, 0.05) is 17.1 Å². The third-order valence-corrected chi connectivity index (χ3v) is 5.45. The van der Waals surface area contributed by atoms with Gasteiger partial charge < -0.3 is 0 Å². The summed E-state index contributed by atoms with van der Waals surface area (Å²) in [5, 5.41) is 10.5. The molecule has 0 N–H and O–H groups in total. The maximum absolute atomic E-state index is 4.64. The Morgan fingerprint density at radius 3 is 1.88 bits per heavy atom. The van der Waals surface area contributed by atoms with Crippen molar-refractivity contribution < 1.29 is 0 Å². The average molecular weight is 329 g/mol. The summed E-state index contributed by atoms with van der Waals surface area (Å²) in [5.74, 6) is 0. The molecule has 120 valence electrons. The Labute approximate surface area is 150 Å². The summed E-state index contributed by atoms with van der Waals surface area (Å²) in [6.07, 6.45) is 1.87. The molecule has 1 nitrogen and oxygen atoms in total. The highest BCUT2D eigenvalue weighted by molar-refractivity contribution is 6.35. The predicted octanol–water partition coefficient (Wildman–Crippen LogP) is 6.80. The molecule has 0 bridgehead atoms. The summed E-state index contributed by atoms with van der Waals surface area (Å²) < 4.78 is 0. The minimum atomic E-state index is 1.02. The van der Waals surface area contributed by atoms with Crippen LogP contribution >= 0.6 is 0 Å². The lowest BCUT2D eigenvalue weighted by Gasteiger charge is -2.17. The van der Waals surface area contributed by atoms with Crippen molar-refractivity contribution in [2.45, 2.75) is 0 Å². The highest BCUT2D eigenvalue weighted by atomic mass is 14.7. The molecule has 0 aliphatic heterocycles. The fraction of sp³-hybridized carbons (Fsp3) is 0. The van der Waals surface area contributed by atoms with Gasteiger partial charge in [0.25, 0.3) is 0 Å². The molecular weight excluding hydrogens is 314 g/mol. The lowest BCUT2D eigenvalue weighted by molar-refractivity contribution is 1.33. The van der Waals surface area contributed by atoms with E-state index in [0.717, 1.165) is 5.69 Å². The second kappa shape index (κ2) is 5.03. The Morgan fingerprint density at radius 2 is 1.15 bits per heavy atom. The van der Waals surface area contributed by atoms with Gasteiger partial charge in [-0.05, 0) is 49.8 Å². The second-order valence-electron chi connectivity index (χ2n) is 6.82. The number of hydrogen-bond acceptors (Lipinski definition) is 1. The van der Waals surface area contributed by atoms with Gasteiger partial charge in [0.05, 0.1) is 5.69 Å². The van der Waals surface area contributed by atoms with Crippen LogP contribution in [-0.2, 0) is 0 Å². The van der Waals surface area contributed by atoms with E-state index < -0.39 is 0 Å². The summed E-state index contributed by atoms with van der Waals surface area (Å²) >= 11 is 0. The molecule has 0 spiro atoms. The Hall–Kier alpha value is -3.45. The molecule has 0 saturated heterocycles. The summed E-state index contributed by atoms with van der Waals surface area (Å²) in [7, 11) is 0. The zero-order valence-corrected chi connectivity index (χ0v) is 14.1. The second-order valence-corrected chi connectivity index (χ2v) is 6.82. The highest BCUT2D eigenvalue weighted by Crippen LogP contribution is 2.43. The van der Waals surface area contributed by atoms with Crippen LogP contribution in [0, 0.1) is 0 Å². The molecule has 0 fully saturated rings. The molecule has 0 unspecified atom stereocenters. The number of hydrogen-bond donors (Lipinski definition) is 0. The van der Waals surface area contributed by atoms with Gasteiger partial charge >= 0.3 is 0 Å². The van der Waals surface area contributed by atoms with E-state index in [4.69, 9.17) is 0 Å². The zero-order valence-electron chi connectivity index (χ0n) is 14.1. The third-order valence-electron chi connectivity index (χ3n) is 5.45. The molecule has 26 heavy (non-hydrogen) atoms. The summed E-state index contributed by atoms with van der Waals surface area (Å²) in [6.45, 7) is 0. The molecule has 1 aromatic heterocycles. The first kappa shape index (κ1) is 13.8. The Kier molecular flexibility index (Phi) is 2.67.